The van der Waals surface area contributed by atoms with E-state index in [1.54, 1.807) is 11.1 Å². The van der Waals surface area contributed by atoms with Crippen molar-refractivity contribution in [1.82, 2.24) is 19.8 Å². The summed E-state index contributed by atoms with van der Waals surface area (Å²) in [6.07, 6.45) is 1.47. The fourth-order valence-electron chi connectivity index (χ4n) is 4.07. The zero-order chi connectivity index (χ0) is 18.7. The molecule has 1 aromatic rings. The van der Waals surface area contributed by atoms with E-state index in [1.807, 2.05) is 38.7 Å². The van der Waals surface area contributed by atoms with Crippen LogP contribution in [0.2, 0.25) is 0 Å². The Bertz CT molecular complexity index is 753. The van der Waals surface area contributed by atoms with Crippen molar-refractivity contribution in [2.24, 2.45) is 5.41 Å². The lowest BCUT2D eigenvalue weighted by molar-refractivity contribution is -0.142. The lowest BCUT2D eigenvalue weighted by Crippen LogP contribution is -2.72. The fraction of sp³-hybridized carbons (Fsp3) is 0.667. The zero-order valence-electron chi connectivity index (χ0n) is 15.7. The van der Waals surface area contributed by atoms with E-state index >= 15 is 0 Å². The summed E-state index contributed by atoms with van der Waals surface area (Å²) in [5.74, 6) is 1.68. The average Bonchev–Trinajstić information content (AvgIpc) is 2.84. The van der Waals surface area contributed by atoms with Gasteiger partial charge in [0.15, 0.2) is 5.60 Å². The molecular formula is C18H25N5O3. The number of ether oxygens (including phenoxy) is 1. The van der Waals surface area contributed by atoms with E-state index in [0.717, 1.165) is 5.82 Å². The number of anilines is 1. The summed E-state index contributed by atoms with van der Waals surface area (Å²) in [7, 11) is 0. The van der Waals surface area contributed by atoms with Crippen LogP contribution in [0.1, 0.15) is 26.6 Å². The Kier molecular flexibility index (Phi) is 3.65. The lowest BCUT2D eigenvalue weighted by Gasteiger charge is -2.51. The normalized spacial score (nSPS) is 24.4. The van der Waals surface area contributed by atoms with Gasteiger partial charge < -0.3 is 14.5 Å². The van der Waals surface area contributed by atoms with Gasteiger partial charge in [-0.25, -0.2) is 14.8 Å². The van der Waals surface area contributed by atoms with E-state index in [1.165, 1.54) is 0 Å². The van der Waals surface area contributed by atoms with Crippen molar-refractivity contribution in [3.05, 3.63) is 18.1 Å². The Labute approximate surface area is 153 Å². The molecule has 26 heavy (non-hydrogen) atoms. The highest BCUT2D eigenvalue weighted by Crippen LogP contribution is 2.41. The summed E-state index contributed by atoms with van der Waals surface area (Å²) < 4.78 is 5.79. The molecule has 0 saturated carbocycles. The largest absolute Gasteiger partial charge is 0.437 e. The Morgan fingerprint density at radius 2 is 2.04 bits per heavy atom. The number of piperazine rings is 1. The third-order valence-corrected chi connectivity index (χ3v) is 5.44. The first-order valence-electron chi connectivity index (χ1n) is 9.03. The van der Waals surface area contributed by atoms with Crippen LogP contribution in [0.25, 0.3) is 0 Å². The molecule has 140 valence electrons. The van der Waals surface area contributed by atoms with Gasteiger partial charge in [-0.1, -0.05) is 20.8 Å². The maximum absolute atomic E-state index is 12.7. The Morgan fingerprint density at radius 1 is 1.31 bits per heavy atom. The van der Waals surface area contributed by atoms with Crippen molar-refractivity contribution in [2.75, 3.05) is 37.6 Å². The topological polar surface area (TPSA) is 78.9 Å². The van der Waals surface area contributed by atoms with Crippen molar-refractivity contribution >= 4 is 17.8 Å². The molecule has 1 spiro atoms. The van der Waals surface area contributed by atoms with Gasteiger partial charge in [0, 0.05) is 31.2 Å². The van der Waals surface area contributed by atoms with Gasteiger partial charge in [-0.15, -0.1) is 0 Å². The molecule has 0 aliphatic carbocycles. The van der Waals surface area contributed by atoms with Crippen LogP contribution in [0, 0.1) is 12.3 Å². The molecule has 0 aromatic carbocycles. The van der Waals surface area contributed by atoms with Gasteiger partial charge in [-0.05, 0) is 13.0 Å². The van der Waals surface area contributed by atoms with Gasteiger partial charge in [0.25, 0.3) is 0 Å². The van der Waals surface area contributed by atoms with Crippen molar-refractivity contribution in [3.8, 4) is 0 Å². The van der Waals surface area contributed by atoms with Crippen LogP contribution in [-0.2, 0) is 9.53 Å². The number of fused-ring (bicyclic) bond motifs is 2. The number of hydrogen-bond donors (Lipinski definition) is 0. The quantitative estimate of drug-likeness (QED) is 0.746. The van der Waals surface area contributed by atoms with Crippen LogP contribution in [0.5, 0.6) is 0 Å². The summed E-state index contributed by atoms with van der Waals surface area (Å²) in [6.45, 7) is 10.4. The number of rotatable bonds is 1. The van der Waals surface area contributed by atoms with Crippen LogP contribution >= 0.6 is 0 Å². The van der Waals surface area contributed by atoms with Gasteiger partial charge in [0.2, 0.25) is 5.91 Å². The van der Waals surface area contributed by atoms with Gasteiger partial charge in [-0.2, -0.15) is 0 Å². The smallest absolute Gasteiger partial charge is 0.411 e. The number of aromatic nitrogens is 2. The predicted octanol–water partition coefficient (Wildman–Crippen LogP) is 1.05. The van der Waals surface area contributed by atoms with E-state index < -0.39 is 11.0 Å². The second-order valence-corrected chi connectivity index (χ2v) is 8.46. The third-order valence-electron chi connectivity index (χ3n) is 5.44. The van der Waals surface area contributed by atoms with Gasteiger partial charge >= 0.3 is 6.09 Å². The van der Waals surface area contributed by atoms with Crippen molar-refractivity contribution in [2.45, 2.75) is 39.3 Å². The van der Waals surface area contributed by atoms with E-state index in [2.05, 4.69) is 14.9 Å². The van der Waals surface area contributed by atoms with E-state index in [-0.39, 0.29) is 18.0 Å². The summed E-state index contributed by atoms with van der Waals surface area (Å²) in [5, 5.41) is 0. The minimum atomic E-state index is -0.563. The molecule has 0 radical (unpaired) electrons. The summed E-state index contributed by atoms with van der Waals surface area (Å²) in [6, 6.07) is 1.76. The highest BCUT2D eigenvalue weighted by Gasteiger charge is 2.62. The van der Waals surface area contributed by atoms with Crippen molar-refractivity contribution in [3.63, 3.8) is 0 Å². The van der Waals surface area contributed by atoms with E-state index in [4.69, 9.17) is 4.74 Å². The standard InChI is InChI=1S/C18H25N5O3/c1-12-19-6-5-14(20-12)22-10-18(11-22)13-9-21(15(24)17(2,3)4)7-8-23(13)16(25)26-18/h5-6,13H,7-11H2,1-4H3. The summed E-state index contributed by atoms with van der Waals surface area (Å²) in [5.41, 5.74) is -0.990. The average molecular weight is 359 g/mol. The SMILES string of the molecule is Cc1nccc(N2CC3(C2)OC(=O)N2CCN(C(=O)C(C)(C)C)CC23)n1. The predicted molar refractivity (Wildman–Crippen MR) is 94.7 cm³/mol. The molecule has 1 atom stereocenters. The lowest BCUT2D eigenvalue weighted by atomic mass is 9.84. The van der Waals surface area contributed by atoms with Crippen LogP contribution in [0.3, 0.4) is 0 Å². The minimum Gasteiger partial charge on any atom is -0.437 e. The third kappa shape index (κ3) is 2.59. The number of carbonyl (C=O) groups is 2. The molecule has 4 rings (SSSR count). The Balaban J connectivity index is 1.51. The first-order valence-corrected chi connectivity index (χ1v) is 9.03. The maximum Gasteiger partial charge on any atom is 0.411 e. The molecule has 8 nitrogen and oxygen atoms in total. The number of nitrogens with zero attached hydrogens (tertiary/aromatic N) is 5. The molecular weight excluding hydrogens is 334 g/mol. The van der Waals surface area contributed by atoms with Gasteiger partial charge in [0.1, 0.15) is 11.6 Å². The molecule has 1 unspecified atom stereocenters. The van der Waals surface area contributed by atoms with Gasteiger partial charge in [0.05, 0.1) is 19.1 Å². The summed E-state index contributed by atoms with van der Waals surface area (Å²) in [4.78, 5) is 39.4. The van der Waals surface area contributed by atoms with E-state index in [0.29, 0.717) is 38.5 Å². The van der Waals surface area contributed by atoms with Crippen LogP contribution in [0.15, 0.2) is 12.3 Å². The second-order valence-electron chi connectivity index (χ2n) is 8.46. The monoisotopic (exact) mass is 359 g/mol. The Hall–Kier alpha value is -2.38. The summed E-state index contributed by atoms with van der Waals surface area (Å²) >= 11 is 0. The molecule has 4 heterocycles. The molecule has 8 heteroatoms. The molecule has 3 aliphatic heterocycles. The van der Waals surface area contributed by atoms with Crippen molar-refractivity contribution in [1.29, 1.82) is 0 Å². The first kappa shape index (κ1) is 17.1. The second kappa shape index (κ2) is 5.56. The van der Waals surface area contributed by atoms with Crippen LogP contribution in [-0.4, -0.2) is 76.1 Å². The highest BCUT2D eigenvalue weighted by atomic mass is 16.6. The van der Waals surface area contributed by atoms with Gasteiger partial charge in [-0.3, -0.25) is 9.69 Å². The number of amides is 2. The van der Waals surface area contributed by atoms with Crippen LogP contribution in [0.4, 0.5) is 10.6 Å². The molecule has 0 N–H and O–H groups in total. The number of hydrogen-bond acceptors (Lipinski definition) is 6. The molecule has 3 saturated heterocycles. The molecule has 3 fully saturated rings. The number of aryl methyl sites for hydroxylation is 1. The molecule has 2 amide bonds. The first-order chi connectivity index (χ1) is 12.2. The Morgan fingerprint density at radius 3 is 2.69 bits per heavy atom. The molecule has 3 aliphatic rings. The highest BCUT2D eigenvalue weighted by molar-refractivity contribution is 5.82. The zero-order valence-corrected chi connectivity index (χ0v) is 15.7. The molecule has 1 aromatic heterocycles. The maximum atomic E-state index is 12.7. The fourth-order valence-corrected chi connectivity index (χ4v) is 4.07. The van der Waals surface area contributed by atoms with E-state index in [9.17, 15) is 9.59 Å². The molecule has 0 bridgehead atoms. The van der Waals surface area contributed by atoms with Crippen molar-refractivity contribution < 1.29 is 14.3 Å². The number of carbonyl (C=O) groups excluding carboxylic acids is 2. The van der Waals surface area contributed by atoms with Crippen LogP contribution < -0.4 is 4.90 Å². The minimum absolute atomic E-state index is 0.103.